The topological polar surface area (TPSA) is 35.8 Å². The third-order valence-corrected chi connectivity index (χ3v) is 3.35. The maximum atomic E-state index is 12.6. The Balaban J connectivity index is 3.01. The fraction of sp³-hybridized carbons (Fsp3) is 0.500. The van der Waals surface area contributed by atoms with Crippen LogP contribution < -0.4 is 5.32 Å². The van der Waals surface area contributed by atoms with Crippen molar-refractivity contribution in [3.63, 3.8) is 0 Å². The van der Waals surface area contributed by atoms with Crippen LogP contribution in [0.25, 0.3) is 0 Å². The SMILES string of the molecule is CCC(C)C(C)Nc1ccc(C(F)(F)F)cc1C#N. The molecule has 0 spiro atoms. The lowest BCUT2D eigenvalue weighted by molar-refractivity contribution is -0.137. The molecule has 19 heavy (non-hydrogen) atoms. The van der Waals surface area contributed by atoms with Crippen LogP contribution in [0.1, 0.15) is 38.3 Å². The normalized spacial score (nSPS) is 14.6. The van der Waals surface area contributed by atoms with E-state index in [2.05, 4.69) is 5.32 Å². The number of anilines is 1. The van der Waals surface area contributed by atoms with Gasteiger partial charge >= 0.3 is 6.18 Å². The first kappa shape index (κ1) is 15.4. The van der Waals surface area contributed by atoms with Crippen molar-refractivity contribution in [2.75, 3.05) is 5.32 Å². The summed E-state index contributed by atoms with van der Waals surface area (Å²) >= 11 is 0. The number of nitrogens with zero attached hydrogens (tertiary/aromatic N) is 1. The van der Waals surface area contributed by atoms with E-state index in [9.17, 15) is 13.2 Å². The van der Waals surface area contributed by atoms with Gasteiger partial charge in [-0.3, -0.25) is 0 Å². The van der Waals surface area contributed by atoms with Crippen molar-refractivity contribution in [2.45, 2.75) is 39.4 Å². The molecule has 0 saturated heterocycles. The third kappa shape index (κ3) is 3.88. The second-order valence-corrected chi connectivity index (χ2v) is 4.69. The zero-order valence-corrected chi connectivity index (χ0v) is 11.2. The Hall–Kier alpha value is -1.70. The summed E-state index contributed by atoms with van der Waals surface area (Å²) in [6.07, 6.45) is -3.47. The van der Waals surface area contributed by atoms with Crippen molar-refractivity contribution >= 4 is 5.69 Å². The number of nitriles is 1. The Morgan fingerprint density at radius 3 is 2.42 bits per heavy atom. The number of halogens is 3. The molecule has 0 aliphatic rings. The van der Waals surface area contributed by atoms with Gasteiger partial charge < -0.3 is 5.32 Å². The number of hydrogen-bond acceptors (Lipinski definition) is 2. The van der Waals surface area contributed by atoms with Crippen molar-refractivity contribution in [2.24, 2.45) is 5.92 Å². The Morgan fingerprint density at radius 2 is 1.95 bits per heavy atom. The Kier molecular flexibility index (Phi) is 4.82. The molecule has 0 aliphatic heterocycles. The molecule has 1 aromatic carbocycles. The van der Waals surface area contributed by atoms with Crippen LogP contribution in [-0.4, -0.2) is 6.04 Å². The van der Waals surface area contributed by atoms with Crippen molar-refractivity contribution < 1.29 is 13.2 Å². The number of nitrogens with one attached hydrogen (secondary N) is 1. The molecular weight excluding hydrogens is 253 g/mol. The molecule has 0 radical (unpaired) electrons. The first-order valence-corrected chi connectivity index (χ1v) is 6.17. The molecule has 2 atom stereocenters. The fourth-order valence-electron chi connectivity index (χ4n) is 1.68. The minimum atomic E-state index is -4.42. The van der Waals surface area contributed by atoms with Crippen LogP contribution >= 0.6 is 0 Å². The molecule has 5 heteroatoms. The first-order valence-electron chi connectivity index (χ1n) is 6.17. The fourth-order valence-corrected chi connectivity index (χ4v) is 1.68. The minimum absolute atomic E-state index is 0.0185. The van der Waals surface area contributed by atoms with Crippen molar-refractivity contribution in [1.29, 1.82) is 5.26 Å². The molecule has 104 valence electrons. The number of rotatable bonds is 4. The van der Waals surface area contributed by atoms with Gasteiger partial charge in [-0.15, -0.1) is 0 Å². The summed E-state index contributed by atoms with van der Waals surface area (Å²) in [5, 5.41) is 12.1. The van der Waals surface area contributed by atoms with Crippen LogP contribution in [0.2, 0.25) is 0 Å². The maximum absolute atomic E-state index is 12.6. The van der Waals surface area contributed by atoms with Gasteiger partial charge in [0.2, 0.25) is 0 Å². The molecular formula is C14H17F3N2. The van der Waals surface area contributed by atoms with Crippen molar-refractivity contribution in [3.05, 3.63) is 29.3 Å². The highest BCUT2D eigenvalue weighted by Gasteiger charge is 2.31. The Morgan fingerprint density at radius 1 is 1.32 bits per heavy atom. The lowest BCUT2D eigenvalue weighted by Gasteiger charge is -2.22. The van der Waals surface area contributed by atoms with E-state index in [0.717, 1.165) is 18.6 Å². The van der Waals surface area contributed by atoms with E-state index in [-0.39, 0.29) is 11.6 Å². The van der Waals surface area contributed by atoms with Gasteiger partial charge in [0.25, 0.3) is 0 Å². The minimum Gasteiger partial charge on any atom is -0.381 e. The summed E-state index contributed by atoms with van der Waals surface area (Å²) < 4.78 is 37.7. The number of alkyl halides is 3. The van der Waals surface area contributed by atoms with E-state index in [1.165, 1.54) is 6.07 Å². The maximum Gasteiger partial charge on any atom is 0.416 e. The van der Waals surface area contributed by atoms with Gasteiger partial charge in [0, 0.05) is 6.04 Å². The van der Waals surface area contributed by atoms with E-state index >= 15 is 0 Å². The highest BCUT2D eigenvalue weighted by Crippen LogP contribution is 2.32. The highest BCUT2D eigenvalue weighted by molar-refractivity contribution is 5.59. The first-order chi connectivity index (χ1) is 8.79. The van der Waals surface area contributed by atoms with Crippen molar-refractivity contribution in [1.82, 2.24) is 0 Å². The van der Waals surface area contributed by atoms with Crippen LogP contribution in [0.5, 0.6) is 0 Å². The summed E-state index contributed by atoms with van der Waals surface area (Å²) in [7, 11) is 0. The van der Waals surface area contributed by atoms with Crippen LogP contribution in [-0.2, 0) is 6.18 Å². The van der Waals surface area contributed by atoms with Crippen LogP contribution in [0, 0.1) is 17.2 Å². The molecule has 0 bridgehead atoms. The summed E-state index contributed by atoms with van der Waals surface area (Å²) in [5.74, 6) is 0.369. The quantitative estimate of drug-likeness (QED) is 0.878. The van der Waals surface area contributed by atoms with Crippen LogP contribution in [0.3, 0.4) is 0 Å². The van der Waals surface area contributed by atoms with Gasteiger partial charge in [0.15, 0.2) is 0 Å². The molecule has 2 nitrogen and oxygen atoms in total. The van der Waals surface area contributed by atoms with Gasteiger partial charge in [-0.1, -0.05) is 20.3 Å². The molecule has 0 aromatic heterocycles. The summed E-state index contributed by atoms with van der Waals surface area (Å²) in [6.45, 7) is 6.04. The predicted octanol–water partition coefficient (Wildman–Crippen LogP) is 4.42. The van der Waals surface area contributed by atoms with Gasteiger partial charge in [-0.25, -0.2) is 0 Å². The largest absolute Gasteiger partial charge is 0.416 e. The standard InChI is InChI=1S/C14H17F3N2/c1-4-9(2)10(3)19-13-6-5-12(14(15,16)17)7-11(13)8-18/h5-7,9-10,19H,4H2,1-3H3. The molecule has 1 N–H and O–H groups in total. The zero-order chi connectivity index (χ0) is 14.6. The molecule has 0 amide bonds. The Labute approximate surface area is 111 Å². The monoisotopic (exact) mass is 270 g/mol. The molecule has 2 unspecified atom stereocenters. The van der Waals surface area contributed by atoms with E-state index < -0.39 is 11.7 Å². The molecule has 0 fully saturated rings. The average molecular weight is 270 g/mol. The van der Waals surface area contributed by atoms with Crippen LogP contribution in [0.15, 0.2) is 18.2 Å². The van der Waals surface area contributed by atoms with Gasteiger partial charge in [0.05, 0.1) is 16.8 Å². The van der Waals surface area contributed by atoms with Gasteiger partial charge in [-0.05, 0) is 31.0 Å². The second kappa shape index (κ2) is 5.96. The average Bonchev–Trinajstić information content (AvgIpc) is 2.36. The Bertz CT molecular complexity index is 475. The lowest BCUT2D eigenvalue weighted by atomic mass is 10.00. The van der Waals surface area contributed by atoms with Crippen molar-refractivity contribution in [3.8, 4) is 6.07 Å². The van der Waals surface area contributed by atoms with E-state index in [0.29, 0.717) is 11.6 Å². The number of benzene rings is 1. The van der Waals surface area contributed by atoms with E-state index in [1.54, 1.807) is 0 Å². The predicted molar refractivity (Wildman–Crippen MR) is 68.7 cm³/mol. The molecule has 0 heterocycles. The summed E-state index contributed by atoms with van der Waals surface area (Å²) in [5.41, 5.74) is -0.334. The van der Waals surface area contributed by atoms with Crippen LogP contribution in [0.4, 0.5) is 18.9 Å². The third-order valence-electron chi connectivity index (χ3n) is 3.35. The molecule has 0 aliphatic carbocycles. The van der Waals surface area contributed by atoms with E-state index in [1.807, 2.05) is 26.8 Å². The summed E-state index contributed by atoms with van der Waals surface area (Å²) in [4.78, 5) is 0. The van der Waals surface area contributed by atoms with Gasteiger partial charge in [0.1, 0.15) is 6.07 Å². The number of hydrogen-bond donors (Lipinski definition) is 1. The molecule has 1 rings (SSSR count). The molecule has 0 saturated carbocycles. The summed E-state index contributed by atoms with van der Waals surface area (Å²) in [6, 6.07) is 5.09. The highest BCUT2D eigenvalue weighted by atomic mass is 19.4. The smallest absolute Gasteiger partial charge is 0.381 e. The van der Waals surface area contributed by atoms with E-state index in [4.69, 9.17) is 5.26 Å². The van der Waals surface area contributed by atoms with Gasteiger partial charge in [-0.2, -0.15) is 18.4 Å². The second-order valence-electron chi connectivity index (χ2n) is 4.69. The zero-order valence-electron chi connectivity index (χ0n) is 11.2. The lowest BCUT2D eigenvalue weighted by Crippen LogP contribution is -2.23. The molecule has 1 aromatic rings.